The molecule has 0 saturated carbocycles. The van der Waals surface area contributed by atoms with Gasteiger partial charge in [0.2, 0.25) is 0 Å². The Labute approximate surface area is 92.3 Å². The molecule has 2 nitrogen and oxygen atoms in total. The van der Waals surface area contributed by atoms with Crippen molar-refractivity contribution in [3.63, 3.8) is 0 Å². The molecule has 1 aromatic rings. The van der Waals surface area contributed by atoms with E-state index in [0.29, 0.717) is 0 Å². The number of nitrogens with one attached hydrogen (secondary N) is 1. The van der Waals surface area contributed by atoms with Gasteiger partial charge >= 0.3 is 0 Å². The molecule has 1 N–H and O–H groups in total. The van der Waals surface area contributed by atoms with Gasteiger partial charge in [-0.25, -0.2) is 0 Å². The van der Waals surface area contributed by atoms with E-state index in [0.717, 1.165) is 6.54 Å². The van der Waals surface area contributed by atoms with Crippen molar-refractivity contribution >= 4 is 5.69 Å². The molecule has 0 spiro atoms. The number of hydrogen-bond donors (Lipinski definition) is 1. The minimum absolute atomic E-state index is 0.966. The van der Waals surface area contributed by atoms with Gasteiger partial charge in [0.15, 0.2) is 0 Å². The second kappa shape index (κ2) is 4.67. The molecule has 0 unspecified atom stereocenters. The molecule has 0 radical (unpaired) electrons. The molecule has 0 aromatic heterocycles. The lowest BCUT2D eigenvalue weighted by atomic mass is 10.1. The van der Waals surface area contributed by atoms with E-state index in [2.05, 4.69) is 35.3 Å². The summed E-state index contributed by atoms with van der Waals surface area (Å²) in [6.07, 6.45) is 2.45. The number of nitrogens with zero attached hydrogens (tertiary/aromatic N) is 1. The fourth-order valence-electron chi connectivity index (χ4n) is 2.31. The van der Waals surface area contributed by atoms with Crippen molar-refractivity contribution in [2.45, 2.75) is 26.3 Å². The van der Waals surface area contributed by atoms with Crippen LogP contribution in [0.15, 0.2) is 18.2 Å². The highest BCUT2D eigenvalue weighted by Crippen LogP contribution is 2.28. The topological polar surface area (TPSA) is 15.3 Å². The first-order valence-corrected chi connectivity index (χ1v) is 5.86. The molecule has 0 fully saturated rings. The first-order valence-electron chi connectivity index (χ1n) is 5.86. The number of benzene rings is 1. The standard InChI is InChI=1S/C13H20N2/c1-3-7-15-8-6-12-5-4-11(10-14-2)9-13(12)15/h4-5,9,14H,3,6-8,10H2,1-2H3. The van der Waals surface area contributed by atoms with Crippen LogP contribution in [0.3, 0.4) is 0 Å². The fourth-order valence-corrected chi connectivity index (χ4v) is 2.31. The normalized spacial score (nSPS) is 14.4. The average Bonchev–Trinajstić information content (AvgIpc) is 2.63. The molecule has 0 atom stereocenters. The zero-order valence-corrected chi connectivity index (χ0v) is 9.71. The minimum Gasteiger partial charge on any atom is -0.371 e. The SMILES string of the molecule is CCCN1CCc2ccc(CNC)cc21. The summed E-state index contributed by atoms with van der Waals surface area (Å²) >= 11 is 0. The van der Waals surface area contributed by atoms with Gasteiger partial charge in [0.1, 0.15) is 0 Å². The molecular formula is C13H20N2. The van der Waals surface area contributed by atoms with E-state index < -0.39 is 0 Å². The largest absolute Gasteiger partial charge is 0.371 e. The third kappa shape index (κ3) is 2.15. The quantitative estimate of drug-likeness (QED) is 0.808. The zero-order chi connectivity index (χ0) is 10.7. The predicted molar refractivity (Wildman–Crippen MR) is 65.4 cm³/mol. The van der Waals surface area contributed by atoms with Crippen LogP contribution in [0, 0.1) is 0 Å². The summed E-state index contributed by atoms with van der Waals surface area (Å²) in [4.78, 5) is 2.51. The van der Waals surface area contributed by atoms with E-state index in [1.54, 1.807) is 0 Å². The Morgan fingerprint density at radius 2 is 2.27 bits per heavy atom. The van der Waals surface area contributed by atoms with Crippen LogP contribution in [0.2, 0.25) is 0 Å². The van der Waals surface area contributed by atoms with Gasteiger partial charge in [-0.3, -0.25) is 0 Å². The van der Waals surface area contributed by atoms with Gasteiger partial charge in [-0.2, -0.15) is 0 Å². The van der Waals surface area contributed by atoms with Crippen molar-refractivity contribution < 1.29 is 0 Å². The molecule has 1 heterocycles. The summed E-state index contributed by atoms with van der Waals surface area (Å²) in [5.74, 6) is 0. The van der Waals surface area contributed by atoms with Crippen molar-refractivity contribution in [1.82, 2.24) is 5.32 Å². The summed E-state index contributed by atoms with van der Waals surface area (Å²) in [7, 11) is 2.00. The molecule has 1 aliphatic heterocycles. The third-order valence-corrected chi connectivity index (χ3v) is 3.02. The molecular weight excluding hydrogens is 184 g/mol. The van der Waals surface area contributed by atoms with Gasteiger partial charge < -0.3 is 10.2 Å². The summed E-state index contributed by atoms with van der Waals surface area (Å²) in [5, 5.41) is 3.20. The van der Waals surface area contributed by atoms with Crippen molar-refractivity contribution in [2.24, 2.45) is 0 Å². The number of anilines is 1. The van der Waals surface area contributed by atoms with Gasteiger partial charge in [-0.15, -0.1) is 0 Å². The highest BCUT2D eigenvalue weighted by Gasteiger charge is 2.17. The van der Waals surface area contributed by atoms with Crippen LogP contribution in [0.5, 0.6) is 0 Å². The molecule has 2 heteroatoms. The Hall–Kier alpha value is -1.02. The predicted octanol–water partition coefficient (Wildman–Crippen LogP) is 2.18. The van der Waals surface area contributed by atoms with Crippen molar-refractivity contribution in [3.05, 3.63) is 29.3 Å². The highest BCUT2D eigenvalue weighted by atomic mass is 15.1. The molecule has 82 valence electrons. The van der Waals surface area contributed by atoms with Crippen LogP contribution in [-0.2, 0) is 13.0 Å². The van der Waals surface area contributed by atoms with E-state index in [9.17, 15) is 0 Å². The molecule has 0 saturated heterocycles. The van der Waals surface area contributed by atoms with Crippen LogP contribution in [-0.4, -0.2) is 20.1 Å². The monoisotopic (exact) mass is 204 g/mol. The van der Waals surface area contributed by atoms with Crippen molar-refractivity contribution in [2.75, 3.05) is 25.0 Å². The Balaban J connectivity index is 2.21. The van der Waals surface area contributed by atoms with Crippen LogP contribution < -0.4 is 10.2 Å². The molecule has 0 amide bonds. The maximum Gasteiger partial charge on any atom is 0.0402 e. The van der Waals surface area contributed by atoms with Gasteiger partial charge in [0.05, 0.1) is 0 Å². The van der Waals surface area contributed by atoms with Gasteiger partial charge in [0.25, 0.3) is 0 Å². The lowest BCUT2D eigenvalue weighted by molar-refractivity contribution is 0.793. The molecule has 15 heavy (non-hydrogen) atoms. The maximum absolute atomic E-state index is 3.20. The highest BCUT2D eigenvalue weighted by molar-refractivity contribution is 5.59. The third-order valence-electron chi connectivity index (χ3n) is 3.02. The lowest BCUT2D eigenvalue weighted by Gasteiger charge is -2.18. The average molecular weight is 204 g/mol. The van der Waals surface area contributed by atoms with Crippen molar-refractivity contribution in [3.8, 4) is 0 Å². The van der Waals surface area contributed by atoms with E-state index in [4.69, 9.17) is 0 Å². The van der Waals surface area contributed by atoms with Crippen LogP contribution in [0.25, 0.3) is 0 Å². The zero-order valence-electron chi connectivity index (χ0n) is 9.71. The van der Waals surface area contributed by atoms with Crippen LogP contribution >= 0.6 is 0 Å². The summed E-state index contributed by atoms with van der Waals surface area (Å²) in [6.45, 7) is 5.60. The van der Waals surface area contributed by atoms with E-state index in [1.165, 1.54) is 42.7 Å². The summed E-state index contributed by atoms with van der Waals surface area (Å²) in [6, 6.07) is 6.87. The Morgan fingerprint density at radius 3 is 3.00 bits per heavy atom. The second-order valence-corrected chi connectivity index (χ2v) is 4.23. The molecule has 0 aliphatic carbocycles. The maximum atomic E-state index is 3.20. The number of fused-ring (bicyclic) bond motifs is 1. The smallest absolute Gasteiger partial charge is 0.0402 e. The first kappa shape index (κ1) is 10.5. The van der Waals surface area contributed by atoms with Gasteiger partial charge in [0, 0.05) is 25.3 Å². The van der Waals surface area contributed by atoms with E-state index in [-0.39, 0.29) is 0 Å². The van der Waals surface area contributed by atoms with E-state index >= 15 is 0 Å². The van der Waals surface area contributed by atoms with Crippen LogP contribution in [0.4, 0.5) is 5.69 Å². The summed E-state index contributed by atoms with van der Waals surface area (Å²) < 4.78 is 0. The van der Waals surface area contributed by atoms with E-state index in [1.807, 2.05) is 7.05 Å². The minimum atomic E-state index is 0.966. The molecule has 0 bridgehead atoms. The Bertz CT molecular complexity index is 331. The van der Waals surface area contributed by atoms with Gasteiger partial charge in [-0.05, 0) is 37.1 Å². The number of hydrogen-bond acceptors (Lipinski definition) is 2. The van der Waals surface area contributed by atoms with Gasteiger partial charge in [-0.1, -0.05) is 19.1 Å². The fraction of sp³-hybridized carbons (Fsp3) is 0.538. The Kier molecular flexibility index (Phi) is 3.27. The molecule has 1 aromatic carbocycles. The molecule has 2 rings (SSSR count). The summed E-state index contributed by atoms with van der Waals surface area (Å²) in [5.41, 5.74) is 4.37. The van der Waals surface area contributed by atoms with Crippen LogP contribution in [0.1, 0.15) is 24.5 Å². The Morgan fingerprint density at radius 1 is 1.40 bits per heavy atom. The first-order chi connectivity index (χ1) is 7.35. The second-order valence-electron chi connectivity index (χ2n) is 4.23. The molecule has 1 aliphatic rings. The lowest BCUT2D eigenvalue weighted by Crippen LogP contribution is -2.21. The van der Waals surface area contributed by atoms with Crippen molar-refractivity contribution in [1.29, 1.82) is 0 Å². The number of rotatable bonds is 4.